The minimum Gasteiger partial charge on any atom is -0.497 e. The first-order chi connectivity index (χ1) is 16.6. The summed E-state index contributed by atoms with van der Waals surface area (Å²) < 4.78 is 16.7. The number of rotatable bonds is 10. The fourth-order valence-corrected chi connectivity index (χ4v) is 4.52. The Kier molecular flexibility index (Phi) is 8.51. The Morgan fingerprint density at radius 3 is 2.79 bits per heavy atom. The van der Waals surface area contributed by atoms with Gasteiger partial charge in [-0.3, -0.25) is 9.69 Å². The van der Waals surface area contributed by atoms with Crippen LogP contribution in [0.2, 0.25) is 0 Å². The molecule has 7 nitrogen and oxygen atoms in total. The maximum Gasteiger partial charge on any atom is 0.254 e. The van der Waals surface area contributed by atoms with Gasteiger partial charge in [-0.05, 0) is 36.8 Å². The van der Waals surface area contributed by atoms with Gasteiger partial charge in [-0.1, -0.05) is 24.3 Å². The molecule has 0 N–H and O–H groups in total. The predicted molar refractivity (Wildman–Crippen MR) is 133 cm³/mol. The van der Waals surface area contributed by atoms with Crippen LogP contribution in [-0.2, 0) is 17.9 Å². The molecule has 2 aromatic carbocycles. The molecule has 1 aromatic heterocycles. The molecule has 34 heavy (non-hydrogen) atoms. The Balaban J connectivity index is 1.43. The van der Waals surface area contributed by atoms with Gasteiger partial charge < -0.3 is 19.1 Å². The van der Waals surface area contributed by atoms with Crippen LogP contribution in [0.3, 0.4) is 0 Å². The van der Waals surface area contributed by atoms with E-state index in [-0.39, 0.29) is 5.91 Å². The lowest BCUT2D eigenvalue weighted by atomic mass is 10.2. The quantitative estimate of drug-likeness (QED) is 0.436. The predicted octanol–water partition coefficient (Wildman–Crippen LogP) is 4.01. The number of para-hydroxylation sites is 1. The first-order valence-corrected chi connectivity index (χ1v) is 12.4. The molecule has 3 aromatic rings. The maximum absolute atomic E-state index is 13.4. The maximum atomic E-state index is 13.4. The molecule has 0 bridgehead atoms. The lowest BCUT2D eigenvalue weighted by Crippen LogP contribution is -2.43. The van der Waals surface area contributed by atoms with Gasteiger partial charge in [0.25, 0.3) is 5.91 Å². The van der Waals surface area contributed by atoms with Crippen LogP contribution >= 0.6 is 11.3 Å². The standard InChI is InChI=1S/C26H31N3O4S/c1-20-6-3-4-9-24(20)33-18-25-27-22(19-34-25)17-29(11-10-28-12-14-32-15-13-28)26(30)21-7-5-8-23(16-21)31-2/h3-9,16,19H,10-15,17-18H2,1-2H3. The highest BCUT2D eigenvalue weighted by atomic mass is 32.1. The third-order valence-electron chi connectivity index (χ3n) is 5.79. The summed E-state index contributed by atoms with van der Waals surface area (Å²) >= 11 is 1.56. The Hall–Kier alpha value is -2.94. The molecule has 0 atom stereocenters. The van der Waals surface area contributed by atoms with Crippen molar-refractivity contribution in [3.8, 4) is 11.5 Å². The van der Waals surface area contributed by atoms with E-state index in [4.69, 9.17) is 19.2 Å². The van der Waals surface area contributed by atoms with E-state index in [0.29, 0.717) is 31.0 Å². The van der Waals surface area contributed by atoms with E-state index < -0.39 is 0 Å². The molecular weight excluding hydrogens is 450 g/mol. The average molecular weight is 482 g/mol. The second-order valence-corrected chi connectivity index (χ2v) is 9.14. The van der Waals surface area contributed by atoms with Crippen LogP contribution < -0.4 is 9.47 Å². The van der Waals surface area contributed by atoms with E-state index in [1.165, 1.54) is 0 Å². The molecule has 180 valence electrons. The molecule has 0 aliphatic carbocycles. The summed E-state index contributed by atoms with van der Waals surface area (Å²) in [6, 6.07) is 15.2. The smallest absolute Gasteiger partial charge is 0.254 e. The van der Waals surface area contributed by atoms with E-state index in [2.05, 4.69) is 4.90 Å². The Bertz CT molecular complexity index is 1080. The first-order valence-electron chi connectivity index (χ1n) is 11.5. The molecule has 0 unspecified atom stereocenters. The Morgan fingerprint density at radius 2 is 2.00 bits per heavy atom. The number of ether oxygens (including phenoxy) is 3. The topological polar surface area (TPSA) is 64.1 Å². The van der Waals surface area contributed by atoms with E-state index in [1.807, 2.05) is 59.7 Å². The number of carbonyl (C=O) groups is 1. The SMILES string of the molecule is COc1cccc(C(=O)N(CCN2CCOCC2)Cc2csc(COc3ccccc3C)n2)c1. The average Bonchev–Trinajstić information content (AvgIpc) is 3.33. The molecule has 0 radical (unpaired) electrons. The van der Waals surface area contributed by atoms with Gasteiger partial charge in [0.15, 0.2) is 0 Å². The second-order valence-electron chi connectivity index (χ2n) is 8.20. The van der Waals surface area contributed by atoms with Crippen LogP contribution in [0.5, 0.6) is 11.5 Å². The van der Waals surface area contributed by atoms with Crippen molar-refractivity contribution in [3.63, 3.8) is 0 Å². The van der Waals surface area contributed by atoms with E-state index in [9.17, 15) is 4.79 Å². The van der Waals surface area contributed by atoms with Crippen molar-refractivity contribution in [2.24, 2.45) is 0 Å². The highest BCUT2D eigenvalue weighted by molar-refractivity contribution is 7.09. The first kappa shape index (κ1) is 24.2. The van der Waals surface area contributed by atoms with Gasteiger partial charge in [0.1, 0.15) is 23.1 Å². The molecule has 1 saturated heterocycles. The molecule has 1 aliphatic heterocycles. The number of morpholine rings is 1. The van der Waals surface area contributed by atoms with E-state index >= 15 is 0 Å². The molecule has 1 aliphatic rings. The number of amides is 1. The highest BCUT2D eigenvalue weighted by Crippen LogP contribution is 2.21. The number of hydrogen-bond donors (Lipinski definition) is 0. The molecule has 0 saturated carbocycles. The third kappa shape index (κ3) is 6.56. The fourth-order valence-electron chi connectivity index (χ4n) is 3.82. The van der Waals surface area contributed by atoms with Crippen molar-refractivity contribution in [3.05, 3.63) is 75.7 Å². The summed E-state index contributed by atoms with van der Waals surface area (Å²) in [5.41, 5.74) is 2.57. The van der Waals surface area contributed by atoms with Crippen LogP contribution in [0.1, 0.15) is 26.6 Å². The minimum atomic E-state index is -0.0298. The number of aryl methyl sites for hydroxylation is 1. The van der Waals surface area contributed by atoms with Crippen LogP contribution in [0.15, 0.2) is 53.9 Å². The van der Waals surface area contributed by atoms with Crippen molar-refractivity contribution >= 4 is 17.2 Å². The lowest BCUT2D eigenvalue weighted by molar-refractivity contribution is 0.0319. The van der Waals surface area contributed by atoms with Crippen molar-refractivity contribution in [2.75, 3.05) is 46.5 Å². The van der Waals surface area contributed by atoms with Crippen molar-refractivity contribution in [2.45, 2.75) is 20.1 Å². The molecule has 0 spiro atoms. The highest BCUT2D eigenvalue weighted by Gasteiger charge is 2.20. The van der Waals surface area contributed by atoms with Gasteiger partial charge in [0.2, 0.25) is 0 Å². The van der Waals surface area contributed by atoms with Gasteiger partial charge in [0.05, 0.1) is 32.6 Å². The summed E-state index contributed by atoms with van der Waals surface area (Å²) in [5.74, 6) is 1.50. The third-order valence-corrected chi connectivity index (χ3v) is 6.66. The number of hydrogen-bond acceptors (Lipinski definition) is 7. The lowest BCUT2D eigenvalue weighted by Gasteiger charge is -2.30. The number of benzene rings is 2. The van der Waals surface area contributed by atoms with Crippen molar-refractivity contribution < 1.29 is 19.0 Å². The number of thiazole rings is 1. The van der Waals surface area contributed by atoms with Gasteiger partial charge in [0, 0.05) is 37.1 Å². The monoisotopic (exact) mass is 481 g/mol. The Labute approximate surface area is 204 Å². The number of carbonyl (C=O) groups excluding carboxylic acids is 1. The van der Waals surface area contributed by atoms with E-state index in [0.717, 1.165) is 54.9 Å². The molecule has 8 heteroatoms. The molecule has 1 fully saturated rings. The summed E-state index contributed by atoms with van der Waals surface area (Å²) in [4.78, 5) is 22.4. The van der Waals surface area contributed by atoms with Gasteiger partial charge in [-0.25, -0.2) is 4.98 Å². The van der Waals surface area contributed by atoms with Gasteiger partial charge >= 0.3 is 0 Å². The van der Waals surface area contributed by atoms with Crippen LogP contribution in [-0.4, -0.2) is 67.2 Å². The molecule has 1 amide bonds. The molecular formula is C26H31N3O4S. The number of nitrogens with zero attached hydrogens (tertiary/aromatic N) is 3. The number of methoxy groups -OCH3 is 1. The zero-order chi connectivity index (χ0) is 23.8. The summed E-state index contributed by atoms with van der Waals surface area (Å²) in [6.45, 7) is 7.54. The van der Waals surface area contributed by atoms with E-state index in [1.54, 1.807) is 24.5 Å². The zero-order valence-electron chi connectivity index (χ0n) is 19.7. The summed E-state index contributed by atoms with van der Waals surface area (Å²) in [5, 5.41) is 2.90. The normalized spacial score (nSPS) is 14.1. The van der Waals surface area contributed by atoms with Crippen molar-refractivity contribution in [1.29, 1.82) is 0 Å². The molecule has 4 rings (SSSR count). The van der Waals surface area contributed by atoms with Gasteiger partial charge in [-0.15, -0.1) is 11.3 Å². The van der Waals surface area contributed by atoms with Crippen LogP contribution in [0.4, 0.5) is 0 Å². The fraction of sp³-hybridized carbons (Fsp3) is 0.385. The molecule has 2 heterocycles. The van der Waals surface area contributed by atoms with Crippen LogP contribution in [0.25, 0.3) is 0 Å². The summed E-state index contributed by atoms with van der Waals surface area (Å²) in [7, 11) is 1.61. The summed E-state index contributed by atoms with van der Waals surface area (Å²) in [6.07, 6.45) is 0. The van der Waals surface area contributed by atoms with Gasteiger partial charge in [-0.2, -0.15) is 0 Å². The van der Waals surface area contributed by atoms with Crippen LogP contribution in [0, 0.1) is 6.92 Å². The number of aromatic nitrogens is 1. The zero-order valence-corrected chi connectivity index (χ0v) is 20.6. The Morgan fingerprint density at radius 1 is 1.18 bits per heavy atom. The minimum absolute atomic E-state index is 0.0298. The largest absolute Gasteiger partial charge is 0.497 e. The second kappa shape index (κ2) is 12.0. The van der Waals surface area contributed by atoms with Crippen molar-refractivity contribution in [1.82, 2.24) is 14.8 Å².